The molecule has 1 amide bonds. The number of ether oxygens (including phenoxy) is 2. The highest BCUT2D eigenvalue weighted by Crippen LogP contribution is 2.44. The summed E-state index contributed by atoms with van der Waals surface area (Å²) in [7, 11) is 5.16. The van der Waals surface area contributed by atoms with Crippen LogP contribution in [0.3, 0.4) is 0 Å². The monoisotopic (exact) mass is 596 g/mol. The maximum atomic E-state index is 11.8. The maximum absolute atomic E-state index is 11.8. The van der Waals surface area contributed by atoms with Crippen LogP contribution in [0.2, 0.25) is 10.0 Å². The lowest BCUT2D eigenvalue weighted by atomic mass is 9.99. The van der Waals surface area contributed by atoms with Crippen molar-refractivity contribution >= 4 is 57.7 Å². The number of nitrogens with zero attached hydrogens (tertiary/aromatic N) is 3. The first-order valence-corrected chi connectivity index (χ1v) is 13.8. The smallest absolute Gasteiger partial charge is 0.247 e. The van der Waals surface area contributed by atoms with Crippen molar-refractivity contribution in [1.29, 1.82) is 0 Å². The first kappa shape index (κ1) is 30.2. The highest BCUT2D eigenvalue weighted by atomic mass is 35.5. The van der Waals surface area contributed by atoms with E-state index in [1.54, 1.807) is 12.1 Å². The minimum atomic E-state index is -0.346. The lowest BCUT2D eigenvalue weighted by Crippen LogP contribution is -2.38. The van der Waals surface area contributed by atoms with Crippen LogP contribution in [0.15, 0.2) is 65.1 Å². The number of aliphatic imine (C=N–C) groups is 2. The summed E-state index contributed by atoms with van der Waals surface area (Å²) in [5.41, 5.74) is 10.3. The molecule has 11 heteroatoms. The van der Waals surface area contributed by atoms with Gasteiger partial charge in [-0.25, -0.2) is 0 Å². The number of amides is 1. The molecule has 4 N–H and O–H groups in total. The zero-order valence-electron chi connectivity index (χ0n) is 23.4. The second-order valence-electron chi connectivity index (χ2n) is 9.74. The van der Waals surface area contributed by atoms with Crippen molar-refractivity contribution in [2.45, 2.75) is 25.4 Å². The Labute approximate surface area is 250 Å². The van der Waals surface area contributed by atoms with E-state index >= 15 is 0 Å². The number of hydrogen-bond donors (Lipinski definition) is 3. The molecular weight excluding hydrogens is 563 g/mol. The number of hydrogen-bond acceptors (Lipinski definition) is 7. The van der Waals surface area contributed by atoms with Gasteiger partial charge >= 0.3 is 0 Å². The Morgan fingerprint density at radius 1 is 1.22 bits per heavy atom. The molecule has 1 saturated heterocycles. The van der Waals surface area contributed by atoms with Gasteiger partial charge in [0.05, 0.1) is 53.9 Å². The Morgan fingerprint density at radius 3 is 2.49 bits per heavy atom. The number of nitrogen functional groups attached to an aromatic ring is 1. The Kier molecular flexibility index (Phi) is 9.75. The molecule has 216 valence electrons. The van der Waals surface area contributed by atoms with Gasteiger partial charge < -0.3 is 30.7 Å². The third kappa shape index (κ3) is 6.75. The SMILES string of the molecule is C=CC(=O)Nc1cccc(CN=C2C(=C)C=C(c3c(Cl)c(OC)cc(OC)c3Cl)NC2=NC2CCN(C)CC2)c1N. The van der Waals surface area contributed by atoms with Gasteiger partial charge in [-0.2, -0.15) is 0 Å². The number of rotatable bonds is 8. The van der Waals surface area contributed by atoms with E-state index in [9.17, 15) is 4.79 Å². The summed E-state index contributed by atoms with van der Waals surface area (Å²) >= 11 is 13.5. The number of amidine groups is 1. The van der Waals surface area contributed by atoms with Gasteiger partial charge in [0, 0.05) is 11.6 Å². The second kappa shape index (κ2) is 13.2. The van der Waals surface area contributed by atoms with Crippen molar-refractivity contribution in [2.24, 2.45) is 9.98 Å². The molecule has 2 aliphatic rings. The van der Waals surface area contributed by atoms with E-state index in [1.807, 2.05) is 18.2 Å². The van der Waals surface area contributed by atoms with Gasteiger partial charge in [0.15, 0.2) is 5.84 Å². The van der Waals surface area contributed by atoms with E-state index in [0.29, 0.717) is 61.3 Å². The van der Waals surface area contributed by atoms with Crippen LogP contribution in [-0.4, -0.2) is 62.8 Å². The van der Waals surface area contributed by atoms with Crippen LogP contribution < -0.4 is 25.8 Å². The predicted molar refractivity (Wildman–Crippen MR) is 169 cm³/mol. The zero-order valence-corrected chi connectivity index (χ0v) is 24.9. The summed E-state index contributed by atoms with van der Waals surface area (Å²) in [6.45, 7) is 9.91. The van der Waals surface area contributed by atoms with E-state index < -0.39 is 0 Å². The zero-order chi connectivity index (χ0) is 29.7. The van der Waals surface area contributed by atoms with Crippen LogP contribution in [0.4, 0.5) is 11.4 Å². The molecular formula is C30H34Cl2N6O3. The Balaban J connectivity index is 1.76. The molecule has 0 radical (unpaired) electrons. The minimum Gasteiger partial charge on any atom is -0.495 e. The third-order valence-corrected chi connectivity index (χ3v) is 7.74. The van der Waals surface area contributed by atoms with E-state index in [4.69, 9.17) is 48.4 Å². The average Bonchev–Trinajstić information content (AvgIpc) is 2.95. The molecule has 2 aliphatic heterocycles. The fourth-order valence-electron chi connectivity index (χ4n) is 4.66. The third-order valence-electron chi connectivity index (χ3n) is 6.99. The quantitative estimate of drug-likeness (QED) is 0.279. The lowest BCUT2D eigenvalue weighted by molar-refractivity contribution is -0.111. The van der Waals surface area contributed by atoms with Crippen LogP contribution in [-0.2, 0) is 11.3 Å². The normalized spacial score (nSPS) is 18.2. The van der Waals surface area contributed by atoms with Gasteiger partial charge in [-0.05, 0) is 62.3 Å². The summed E-state index contributed by atoms with van der Waals surface area (Å²) in [5, 5.41) is 6.80. The number of benzene rings is 2. The fraction of sp³-hybridized carbons (Fsp3) is 0.300. The average molecular weight is 598 g/mol. The van der Waals surface area contributed by atoms with Crippen LogP contribution in [0, 0.1) is 0 Å². The molecule has 0 saturated carbocycles. The molecule has 0 aromatic heterocycles. The van der Waals surface area contributed by atoms with Crippen molar-refractivity contribution in [2.75, 3.05) is 45.4 Å². The summed E-state index contributed by atoms with van der Waals surface area (Å²) in [6.07, 6.45) is 4.83. The van der Waals surface area contributed by atoms with Gasteiger partial charge in [0.2, 0.25) is 5.91 Å². The number of nitrogens with one attached hydrogen (secondary N) is 2. The van der Waals surface area contributed by atoms with Gasteiger partial charge in [0.1, 0.15) is 17.2 Å². The molecule has 4 rings (SSSR count). The molecule has 2 heterocycles. The molecule has 0 atom stereocenters. The molecule has 2 aromatic rings. The van der Waals surface area contributed by atoms with E-state index in [1.165, 1.54) is 20.3 Å². The molecule has 0 bridgehead atoms. The van der Waals surface area contributed by atoms with Crippen molar-refractivity contribution in [1.82, 2.24) is 10.2 Å². The summed E-state index contributed by atoms with van der Waals surface area (Å²) in [6, 6.07) is 7.14. The predicted octanol–water partition coefficient (Wildman–Crippen LogP) is 5.35. The highest BCUT2D eigenvalue weighted by Gasteiger charge is 2.28. The number of anilines is 2. The lowest BCUT2D eigenvalue weighted by Gasteiger charge is -2.29. The number of halogens is 2. The maximum Gasteiger partial charge on any atom is 0.247 e. The second-order valence-corrected chi connectivity index (χ2v) is 10.5. The molecule has 1 fully saturated rings. The largest absolute Gasteiger partial charge is 0.495 e. The number of allylic oxidation sites excluding steroid dienone is 1. The number of piperidine rings is 1. The van der Waals surface area contributed by atoms with Gasteiger partial charge in [-0.1, -0.05) is 48.5 Å². The van der Waals surface area contributed by atoms with Crippen molar-refractivity contribution in [3.63, 3.8) is 0 Å². The van der Waals surface area contributed by atoms with Crippen molar-refractivity contribution < 1.29 is 14.3 Å². The molecule has 2 aromatic carbocycles. The van der Waals surface area contributed by atoms with E-state index in [2.05, 4.69) is 35.7 Å². The highest BCUT2D eigenvalue weighted by molar-refractivity contribution is 6.51. The molecule has 0 unspecified atom stereocenters. The number of likely N-dealkylation sites (tertiary alicyclic amines) is 1. The van der Waals surface area contributed by atoms with Gasteiger partial charge in [0.25, 0.3) is 0 Å². The first-order chi connectivity index (χ1) is 19.7. The number of nitrogens with two attached hydrogens (primary N) is 1. The Hall–Kier alpha value is -3.79. The standard InChI is InChI=1S/C30H34Cl2N6O3/c1-6-24(39)36-20-9-7-8-18(28(20)33)16-34-29-17(2)14-21(37-30(29)35-19-10-12-38(3)13-11-19)25-26(31)22(40-4)15-23(41-5)27(25)32/h6-9,14-15,19H,1-2,10-13,16,33H2,3-5H3,(H,35,37)(H,36,39). The van der Waals surface area contributed by atoms with Gasteiger partial charge in [-0.3, -0.25) is 14.8 Å². The van der Waals surface area contributed by atoms with Gasteiger partial charge in [-0.15, -0.1) is 0 Å². The Morgan fingerprint density at radius 2 is 1.88 bits per heavy atom. The van der Waals surface area contributed by atoms with Crippen molar-refractivity contribution in [3.05, 3.63) is 76.3 Å². The fourth-order valence-corrected chi connectivity index (χ4v) is 5.36. The Bertz CT molecular complexity index is 1430. The minimum absolute atomic E-state index is 0.0966. The molecule has 0 spiro atoms. The van der Waals surface area contributed by atoms with E-state index in [-0.39, 0.29) is 18.5 Å². The molecule has 9 nitrogen and oxygen atoms in total. The van der Waals surface area contributed by atoms with Crippen LogP contribution in [0.5, 0.6) is 11.5 Å². The molecule has 41 heavy (non-hydrogen) atoms. The van der Waals surface area contributed by atoms with Crippen molar-refractivity contribution in [3.8, 4) is 11.5 Å². The number of carbonyl (C=O) groups excluding carboxylic acids is 1. The number of carbonyl (C=O) groups is 1. The summed E-state index contributed by atoms with van der Waals surface area (Å²) < 4.78 is 10.9. The van der Waals surface area contributed by atoms with Crippen LogP contribution >= 0.6 is 23.2 Å². The van der Waals surface area contributed by atoms with Crippen LogP contribution in [0.25, 0.3) is 5.70 Å². The van der Waals surface area contributed by atoms with Crippen LogP contribution in [0.1, 0.15) is 24.0 Å². The summed E-state index contributed by atoms with van der Waals surface area (Å²) in [5.74, 6) is 1.05. The topological polar surface area (TPSA) is 114 Å². The molecule has 0 aliphatic carbocycles. The summed E-state index contributed by atoms with van der Waals surface area (Å²) in [4.78, 5) is 24.1. The number of para-hydroxylation sites is 1. The van der Waals surface area contributed by atoms with E-state index in [0.717, 1.165) is 31.5 Å². The number of methoxy groups -OCH3 is 2. The first-order valence-electron chi connectivity index (χ1n) is 13.1.